The Balaban J connectivity index is 1.98. The standard InChI is InChI=1S/C16H22N2OS/c1-11(16-12(2)18-13(3)20-16)17-9-14-6-5-7-15(8-14)10-19-4/h5-8,11,17H,9-10H2,1-4H3. The lowest BCUT2D eigenvalue weighted by Gasteiger charge is -2.13. The van der Waals surface area contributed by atoms with Crippen molar-refractivity contribution in [2.75, 3.05) is 7.11 Å². The molecule has 0 saturated carbocycles. The van der Waals surface area contributed by atoms with Crippen LogP contribution >= 0.6 is 11.3 Å². The van der Waals surface area contributed by atoms with E-state index in [2.05, 4.69) is 55.3 Å². The normalized spacial score (nSPS) is 12.6. The van der Waals surface area contributed by atoms with Crippen LogP contribution < -0.4 is 5.32 Å². The van der Waals surface area contributed by atoms with E-state index in [9.17, 15) is 0 Å². The summed E-state index contributed by atoms with van der Waals surface area (Å²) in [5.74, 6) is 0. The van der Waals surface area contributed by atoms with Crippen molar-refractivity contribution in [1.82, 2.24) is 10.3 Å². The van der Waals surface area contributed by atoms with Gasteiger partial charge in [0.15, 0.2) is 0 Å². The molecule has 3 nitrogen and oxygen atoms in total. The fraction of sp³-hybridized carbons (Fsp3) is 0.438. The SMILES string of the molecule is COCc1cccc(CNC(C)c2sc(C)nc2C)c1. The van der Waals surface area contributed by atoms with Gasteiger partial charge in [-0.05, 0) is 31.9 Å². The number of hydrogen-bond acceptors (Lipinski definition) is 4. The molecule has 0 saturated heterocycles. The monoisotopic (exact) mass is 290 g/mol. The Kier molecular flexibility index (Phi) is 5.29. The van der Waals surface area contributed by atoms with E-state index in [0.29, 0.717) is 12.6 Å². The number of thiazole rings is 1. The number of methoxy groups -OCH3 is 1. The lowest BCUT2D eigenvalue weighted by Crippen LogP contribution is -2.18. The van der Waals surface area contributed by atoms with E-state index in [-0.39, 0.29) is 0 Å². The molecule has 1 atom stereocenters. The number of ether oxygens (including phenoxy) is 1. The van der Waals surface area contributed by atoms with Crippen LogP contribution in [0.5, 0.6) is 0 Å². The van der Waals surface area contributed by atoms with E-state index in [0.717, 1.165) is 17.2 Å². The maximum atomic E-state index is 5.17. The summed E-state index contributed by atoms with van der Waals surface area (Å²) in [4.78, 5) is 5.82. The van der Waals surface area contributed by atoms with Crippen LogP contribution in [0.4, 0.5) is 0 Å². The molecule has 0 spiro atoms. The minimum Gasteiger partial charge on any atom is -0.380 e. The highest BCUT2D eigenvalue weighted by atomic mass is 32.1. The van der Waals surface area contributed by atoms with Crippen molar-refractivity contribution in [3.63, 3.8) is 0 Å². The molecule has 20 heavy (non-hydrogen) atoms. The van der Waals surface area contributed by atoms with Crippen molar-refractivity contribution in [3.05, 3.63) is 51.0 Å². The first kappa shape index (κ1) is 15.2. The summed E-state index contributed by atoms with van der Waals surface area (Å²) in [6, 6.07) is 8.83. The number of nitrogens with one attached hydrogen (secondary N) is 1. The van der Waals surface area contributed by atoms with Gasteiger partial charge in [0.05, 0.1) is 17.3 Å². The lowest BCUT2D eigenvalue weighted by molar-refractivity contribution is 0.185. The molecule has 1 N–H and O–H groups in total. The molecule has 0 aliphatic rings. The van der Waals surface area contributed by atoms with Crippen molar-refractivity contribution in [2.45, 2.75) is 40.0 Å². The molecule has 0 fully saturated rings. The highest BCUT2D eigenvalue weighted by Gasteiger charge is 2.12. The topological polar surface area (TPSA) is 34.1 Å². The second kappa shape index (κ2) is 6.97. The Bertz CT molecular complexity index is 565. The zero-order valence-corrected chi connectivity index (χ0v) is 13.4. The molecule has 1 aromatic carbocycles. The van der Waals surface area contributed by atoms with Gasteiger partial charge >= 0.3 is 0 Å². The van der Waals surface area contributed by atoms with Crippen molar-refractivity contribution in [2.24, 2.45) is 0 Å². The van der Waals surface area contributed by atoms with E-state index in [1.807, 2.05) is 0 Å². The van der Waals surface area contributed by atoms with E-state index < -0.39 is 0 Å². The van der Waals surface area contributed by atoms with Crippen LogP contribution in [0, 0.1) is 13.8 Å². The summed E-state index contributed by atoms with van der Waals surface area (Å²) in [5, 5.41) is 4.70. The van der Waals surface area contributed by atoms with Crippen molar-refractivity contribution < 1.29 is 4.74 Å². The molecule has 108 valence electrons. The third kappa shape index (κ3) is 3.88. The molecule has 1 heterocycles. The van der Waals surface area contributed by atoms with Gasteiger partial charge in [0.25, 0.3) is 0 Å². The maximum absolute atomic E-state index is 5.17. The van der Waals surface area contributed by atoms with E-state index in [1.165, 1.54) is 16.0 Å². The Morgan fingerprint density at radius 3 is 2.70 bits per heavy atom. The summed E-state index contributed by atoms with van der Waals surface area (Å²) in [5.41, 5.74) is 3.63. The van der Waals surface area contributed by atoms with Crippen LogP contribution in [0.1, 0.15) is 39.7 Å². The van der Waals surface area contributed by atoms with Crippen LogP contribution in [-0.2, 0) is 17.9 Å². The average Bonchev–Trinajstić information content (AvgIpc) is 2.76. The first-order chi connectivity index (χ1) is 9.60. The maximum Gasteiger partial charge on any atom is 0.0900 e. The molecule has 2 rings (SSSR count). The zero-order chi connectivity index (χ0) is 14.5. The molecule has 2 aromatic rings. The van der Waals surface area contributed by atoms with Crippen molar-refractivity contribution in [1.29, 1.82) is 0 Å². The fourth-order valence-electron chi connectivity index (χ4n) is 2.31. The molecule has 4 heteroatoms. The summed E-state index contributed by atoms with van der Waals surface area (Å²) >= 11 is 1.78. The molecule has 0 aliphatic heterocycles. The first-order valence-electron chi connectivity index (χ1n) is 6.84. The molecule has 0 radical (unpaired) electrons. The number of aryl methyl sites for hydroxylation is 2. The molecule has 0 amide bonds. The van der Waals surface area contributed by atoms with Gasteiger partial charge in [-0.3, -0.25) is 0 Å². The third-order valence-corrected chi connectivity index (χ3v) is 4.50. The second-order valence-corrected chi connectivity index (χ2v) is 6.27. The van der Waals surface area contributed by atoms with Crippen LogP contribution in [0.25, 0.3) is 0 Å². The number of nitrogens with zero attached hydrogens (tertiary/aromatic N) is 1. The molecule has 0 aliphatic carbocycles. The van der Waals surface area contributed by atoms with Crippen molar-refractivity contribution >= 4 is 11.3 Å². The Labute approximate surface area is 125 Å². The predicted molar refractivity (Wildman–Crippen MR) is 84.0 cm³/mol. The lowest BCUT2D eigenvalue weighted by atomic mass is 10.1. The molecule has 1 aromatic heterocycles. The quantitative estimate of drug-likeness (QED) is 0.879. The van der Waals surface area contributed by atoms with Gasteiger partial charge in [0.2, 0.25) is 0 Å². The van der Waals surface area contributed by atoms with Crippen LogP contribution in [-0.4, -0.2) is 12.1 Å². The van der Waals surface area contributed by atoms with Gasteiger partial charge in [-0.1, -0.05) is 24.3 Å². The number of rotatable bonds is 6. The number of hydrogen-bond donors (Lipinski definition) is 1. The summed E-state index contributed by atoms with van der Waals surface area (Å²) < 4.78 is 5.17. The van der Waals surface area contributed by atoms with Gasteiger partial charge in [-0.15, -0.1) is 11.3 Å². The van der Waals surface area contributed by atoms with Gasteiger partial charge in [-0.2, -0.15) is 0 Å². The van der Waals surface area contributed by atoms with Gasteiger partial charge < -0.3 is 10.1 Å². The fourth-order valence-corrected chi connectivity index (χ4v) is 3.26. The summed E-state index contributed by atoms with van der Waals surface area (Å²) in [6.07, 6.45) is 0. The predicted octanol–water partition coefficient (Wildman–Crippen LogP) is 3.76. The Hall–Kier alpha value is -1.23. The van der Waals surface area contributed by atoms with Crippen LogP contribution in [0.3, 0.4) is 0 Å². The van der Waals surface area contributed by atoms with Crippen LogP contribution in [0.15, 0.2) is 24.3 Å². The smallest absolute Gasteiger partial charge is 0.0900 e. The minimum absolute atomic E-state index is 0.326. The number of aromatic nitrogens is 1. The summed E-state index contributed by atoms with van der Waals surface area (Å²) in [7, 11) is 1.72. The van der Waals surface area contributed by atoms with E-state index in [1.54, 1.807) is 18.4 Å². The molecule has 0 bridgehead atoms. The Morgan fingerprint density at radius 1 is 1.30 bits per heavy atom. The van der Waals surface area contributed by atoms with E-state index in [4.69, 9.17) is 4.74 Å². The molecule has 1 unspecified atom stereocenters. The second-order valence-electron chi connectivity index (χ2n) is 5.04. The summed E-state index contributed by atoms with van der Waals surface area (Å²) in [6.45, 7) is 7.85. The zero-order valence-electron chi connectivity index (χ0n) is 12.6. The van der Waals surface area contributed by atoms with Gasteiger partial charge in [0.1, 0.15) is 0 Å². The van der Waals surface area contributed by atoms with E-state index >= 15 is 0 Å². The minimum atomic E-state index is 0.326. The molecular weight excluding hydrogens is 268 g/mol. The highest BCUT2D eigenvalue weighted by molar-refractivity contribution is 7.11. The van der Waals surface area contributed by atoms with Crippen molar-refractivity contribution in [3.8, 4) is 0 Å². The largest absolute Gasteiger partial charge is 0.380 e. The highest BCUT2D eigenvalue weighted by Crippen LogP contribution is 2.24. The number of benzene rings is 1. The average molecular weight is 290 g/mol. The third-order valence-electron chi connectivity index (χ3n) is 3.25. The van der Waals surface area contributed by atoms with Gasteiger partial charge in [0, 0.05) is 24.6 Å². The molecular formula is C16H22N2OS. The van der Waals surface area contributed by atoms with Gasteiger partial charge in [-0.25, -0.2) is 4.98 Å². The Morgan fingerprint density at radius 2 is 2.05 bits per heavy atom. The first-order valence-corrected chi connectivity index (χ1v) is 7.66. The van der Waals surface area contributed by atoms with Crippen LogP contribution in [0.2, 0.25) is 0 Å².